The minimum Gasteiger partial charge on any atom is -0.390 e. The molecule has 2 N–H and O–H groups in total. The Bertz CT molecular complexity index is 959. The Labute approximate surface area is 161 Å². The highest BCUT2D eigenvalue weighted by Crippen LogP contribution is 2.48. The first-order valence-corrected chi connectivity index (χ1v) is 9.34. The van der Waals surface area contributed by atoms with E-state index in [4.69, 9.17) is 0 Å². The molecule has 2 atom stereocenters. The third-order valence-corrected chi connectivity index (χ3v) is 5.70. The number of hydrogen-bond donors (Lipinski definition) is 2. The third-order valence-electron chi connectivity index (χ3n) is 5.05. The number of Topliss-reactive ketones (excluding diaryl/α,β-unsaturated/α-hetero) is 1. The van der Waals surface area contributed by atoms with E-state index in [9.17, 15) is 4.79 Å². The molecule has 0 aromatic heterocycles. The number of carbonyl (C=O) groups excluding carboxylic acids is 1. The van der Waals surface area contributed by atoms with Gasteiger partial charge in [-0.15, -0.1) is 0 Å². The summed E-state index contributed by atoms with van der Waals surface area (Å²) in [5, 5.41) is 6.71. The van der Waals surface area contributed by atoms with Gasteiger partial charge in [-0.1, -0.05) is 49.0 Å². The summed E-state index contributed by atoms with van der Waals surface area (Å²) in [6.07, 6.45) is 2.05. The predicted octanol–water partition coefficient (Wildman–Crippen LogP) is 4.96. The van der Waals surface area contributed by atoms with Crippen LogP contribution >= 0.6 is 15.9 Å². The summed E-state index contributed by atoms with van der Waals surface area (Å²) in [6.45, 7) is 4.36. The largest absolute Gasteiger partial charge is 0.390 e. The van der Waals surface area contributed by atoms with Crippen LogP contribution in [-0.2, 0) is 0 Å². The highest BCUT2D eigenvalue weighted by atomic mass is 79.9. The molecule has 0 amide bonds. The molecule has 2 aliphatic rings. The first-order chi connectivity index (χ1) is 12.6. The molecule has 0 heterocycles. The average molecular weight is 407 g/mol. The summed E-state index contributed by atoms with van der Waals surface area (Å²) in [7, 11) is 1.85. The monoisotopic (exact) mass is 406 g/mol. The third kappa shape index (κ3) is 2.61. The number of allylic oxidation sites excluding steroid dienone is 4. The van der Waals surface area contributed by atoms with Crippen LogP contribution in [0.3, 0.4) is 0 Å². The number of para-hydroxylation sites is 1. The van der Waals surface area contributed by atoms with Crippen molar-refractivity contribution in [3.8, 4) is 0 Å². The first kappa shape index (κ1) is 16.9. The van der Waals surface area contributed by atoms with E-state index in [0.717, 1.165) is 38.3 Å². The van der Waals surface area contributed by atoms with Crippen molar-refractivity contribution in [3.05, 3.63) is 94.3 Å². The molecule has 0 saturated heterocycles. The minimum atomic E-state index is -0.312. The van der Waals surface area contributed by atoms with Gasteiger partial charge in [0.2, 0.25) is 0 Å². The van der Waals surface area contributed by atoms with E-state index >= 15 is 0 Å². The predicted molar refractivity (Wildman–Crippen MR) is 110 cm³/mol. The lowest BCUT2D eigenvalue weighted by atomic mass is 9.67. The number of nitrogens with one attached hydrogen (secondary N) is 2. The van der Waals surface area contributed by atoms with E-state index < -0.39 is 0 Å². The molecule has 3 nitrogen and oxygen atoms in total. The molecule has 26 heavy (non-hydrogen) atoms. The lowest BCUT2D eigenvalue weighted by Gasteiger charge is -2.39. The molecule has 0 radical (unpaired) electrons. The van der Waals surface area contributed by atoms with E-state index in [0.29, 0.717) is 0 Å². The van der Waals surface area contributed by atoms with Gasteiger partial charge >= 0.3 is 0 Å². The van der Waals surface area contributed by atoms with Crippen LogP contribution in [0.4, 0.5) is 5.69 Å². The van der Waals surface area contributed by atoms with E-state index in [-0.39, 0.29) is 17.6 Å². The summed E-state index contributed by atoms with van der Waals surface area (Å²) >= 11 is 3.64. The van der Waals surface area contributed by atoms with Crippen molar-refractivity contribution in [2.75, 3.05) is 12.4 Å². The molecule has 0 fully saturated rings. The van der Waals surface area contributed by atoms with Gasteiger partial charge in [0.25, 0.3) is 0 Å². The zero-order valence-corrected chi connectivity index (χ0v) is 16.0. The van der Waals surface area contributed by atoms with Gasteiger partial charge in [0.1, 0.15) is 0 Å². The minimum absolute atomic E-state index is 0.124. The molecule has 130 valence electrons. The second-order valence-corrected chi connectivity index (χ2v) is 7.35. The Balaban J connectivity index is 1.86. The number of anilines is 1. The standard InChI is InChI=1S/C22H19BrN2O/c1-13-15-10-6-7-11-16(15)22(26)20-19(13)18(12-17(23)21(20)24-2)25-14-8-4-3-5-9-14/h3-12,19-20,24-25H,1H2,2H3. The topological polar surface area (TPSA) is 41.1 Å². The molecule has 4 rings (SSSR count). The van der Waals surface area contributed by atoms with Crippen molar-refractivity contribution < 1.29 is 4.79 Å². The first-order valence-electron chi connectivity index (χ1n) is 8.55. The molecular formula is C22H19BrN2O. The average Bonchev–Trinajstić information content (AvgIpc) is 2.66. The van der Waals surface area contributed by atoms with Crippen LogP contribution in [0, 0.1) is 11.8 Å². The lowest BCUT2D eigenvalue weighted by Crippen LogP contribution is -2.40. The normalized spacial score (nSPS) is 21.7. The number of hydrogen-bond acceptors (Lipinski definition) is 3. The molecule has 2 unspecified atom stereocenters. The number of carbonyl (C=O) groups is 1. The van der Waals surface area contributed by atoms with Crippen LogP contribution in [0.2, 0.25) is 0 Å². The van der Waals surface area contributed by atoms with Gasteiger partial charge in [0.05, 0.1) is 5.92 Å². The maximum Gasteiger partial charge on any atom is 0.173 e. The number of benzene rings is 2. The lowest BCUT2D eigenvalue weighted by molar-refractivity contribution is 0.0914. The van der Waals surface area contributed by atoms with Crippen molar-refractivity contribution in [2.24, 2.45) is 11.8 Å². The van der Waals surface area contributed by atoms with Crippen LogP contribution in [-0.4, -0.2) is 12.8 Å². The fourth-order valence-corrected chi connectivity index (χ4v) is 4.55. The smallest absolute Gasteiger partial charge is 0.173 e. The van der Waals surface area contributed by atoms with Gasteiger partial charge in [-0.3, -0.25) is 4.79 Å². The van der Waals surface area contributed by atoms with Crippen molar-refractivity contribution in [3.63, 3.8) is 0 Å². The molecule has 0 spiro atoms. The number of fused-ring (bicyclic) bond motifs is 2. The van der Waals surface area contributed by atoms with Crippen molar-refractivity contribution in [2.45, 2.75) is 0 Å². The SMILES string of the molecule is C=C1c2ccccc2C(=O)C2C(NC)=C(Br)C=C(Nc3ccccc3)C12. The Hall–Kier alpha value is -2.59. The Morgan fingerprint density at radius 1 is 0.962 bits per heavy atom. The fourth-order valence-electron chi connectivity index (χ4n) is 3.86. The molecule has 0 bridgehead atoms. The van der Waals surface area contributed by atoms with Crippen LogP contribution < -0.4 is 10.6 Å². The van der Waals surface area contributed by atoms with Gasteiger partial charge in [-0.25, -0.2) is 0 Å². The summed E-state index contributed by atoms with van der Waals surface area (Å²) in [6, 6.07) is 17.7. The van der Waals surface area contributed by atoms with Crippen LogP contribution in [0.5, 0.6) is 0 Å². The Morgan fingerprint density at radius 2 is 1.62 bits per heavy atom. The van der Waals surface area contributed by atoms with E-state index in [1.807, 2.05) is 67.7 Å². The molecule has 0 saturated carbocycles. The number of halogens is 1. The van der Waals surface area contributed by atoms with Gasteiger partial charge in [-0.05, 0) is 45.3 Å². The fraction of sp³-hybridized carbons (Fsp3) is 0.136. The van der Waals surface area contributed by atoms with Crippen LogP contribution in [0.1, 0.15) is 15.9 Å². The van der Waals surface area contributed by atoms with Crippen LogP contribution in [0.25, 0.3) is 5.57 Å². The van der Waals surface area contributed by atoms with Gasteiger partial charge in [-0.2, -0.15) is 0 Å². The summed E-state index contributed by atoms with van der Waals surface area (Å²) in [4.78, 5) is 13.3. The highest BCUT2D eigenvalue weighted by molar-refractivity contribution is 9.11. The van der Waals surface area contributed by atoms with Crippen LogP contribution in [0.15, 0.2) is 83.1 Å². The molecule has 2 aromatic carbocycles. The zero-order chi connectivity index (χ0) is 18.3. The Morgan fingerprint density at radius 3 is 2.31 bits per heavy atom. The Kier molecular flexibility index (Phi) is 4.29. The van der Waals surface area contributed by atoms with Gasteiger partial charge in [0, 0.05) is 40.1 Å². The molecule has 4 heteroatoms. The van der Waals surface area contributed by atoms with Crippen molar-refractivity contribution >= 4 is 33.0 Å². The van der Waals surface area contributed by atoms with Crippen molar-refractivity contribution in [1.29, 1.82) is 0 Å². The molecule has 2 aromatic rings. The van der Waals surface area contributed by atoms with E-state index in [1.54, 1.807) is 0 Å². The highest BCUT2D eigenvalue weighted by Gasteiger charge is 2.44. The molecular weight excluding hydrogens is 388 g/mol. The zero-order valence-electron chi connectivity index (χ0n) is 14.4. The van der Waals surface area contributed by atoms with Gasteiger partial charge < -0.3 is 10.6 Å². The summed E-state index contributed by atoms with van der Waals surface area (Å²) in [5.74, 6) is -0.311. The van der Waals surface area contributed by atoms with Gasteiger partial charge in [0.15, 0.2) is 5.78 Å². The van der Waals surface area contributed by atoms with E-state index in [1.165, 1.54) is 0 Å². The second-order valence-electron chi connectivity index (χ2n) is 6.49. The number of ketones is 1. The summed E-state index contributed by atoms with van der Waals surface area (Å²) < 4.78 is 0.889. The molecule has 2 aliphatic carbocycles. The summed E-state index contributed by atoms with van der Waals surface area (Å²) in [5.41, 5.74) is 5.51. The number of rotatable bonds is 3. The second kappa shape index (κ2) is 6.61. The quantitative estimate of drug-likeness (QED) is 0.756. The van der Waals surface area contributed by atoms with Crippen molar-refractivity contribution in [1.82, 2.24) is 5.32 Å². The molecule has 0 aliphatic heterocycles. The maximum absolute atomic E-state index is 13.3. The van der Waals surface area contributed by atoms with E-state index in [2.05, 4.69) is 33.1 Å². The maximum atomic E-state index is 13.3.